The maximum Gasteiger partial charge on any atom is 0.222 e. The van der Waals surface area contributed by atoms with E-state index in [0.717, 1.165) is 18.4 Å². The number of carbonyl (C=O) groups excluding carboxylic acids is 1. The molecule has 1 aromatic rings. The molecule has 0 aromatic carbocycles. The van der Waals surface area contributed by atoms with E-state index in [9.17, 15) is 4.79 Å². The summed E-state index contributed by atoms with van der Waals surface area (Å²) in [6.45, 7) is 3.25. The van der Waals surface area contributed by atoms with Crippen molar-refractivity contribution in [3.05, 3.63) is 30.1 Å². The van der Waals surface area contributed by atoms with Crippen LogP contribution in [0.4, 0.5) is 0 Å². The predicted molar refractivity (Wildman–Crippen MR) is 80.6 cm³/mol. The summed E-state index contributed by atoms with van der Waals surface area (Å²) in [6.07, 6.45) is 6.55. The summed E-state index contributed by atoms with van der Waals surface area (Å²) in [6, 6.07) is 3.84. The molecule has 0 fully saturated rings. The highest BCUT2D eigenvalue weighted by atomic mass is 32.1. The Bertz CT molecular complexity index is 408. The first-order valence-electron chi connectivity index (χ1n) is 6.58. The van der Waals surface area contributed by atoms with Crippen LogP contribution in [0.5, 0.6) is 0 Å². The van der Waals surface area contributed by atoms with Crippen LogP contribution in [0.3, 0.4) is 0 Å². The summed E-state index contributed by atoms with van der Waals surface area (Å²) in [7, 11) is 0. The molecular weight excluding hydrogens is 258 g/mol. The number of hydrogen-bond acceptors (Lipinski definition) is 3. The number of amides is 1. The molecule has 1 amide bonds. The van der Waals surface area contributed by atoms with Crippen LogP contribution in [-0.2, 0) is 11.3 Å². The second-order valence-corrected chi connectivity index (χ2v) is 5.01. The standard InChI is InChI=1S/C14H21N3OS/c1-2-3-4-14(18)17(10-7-13(15)19)11-12-5-8-16-9-6-12/h5-6,8-9H,2-4,7,10-11H2,1H3,(H2,15,19). The number of hydrogen-bond donors (Lipinski definition) is 1. The summed E-state index contributed by atoms with van der Waals surface area (Å²) in [5.74, 6) is 0.162. The van der Waals surface area contributed by atoms with Gasteiger partial charge in [-0.3, -0.25) is 9.78 Å². The van der Waals surface area contributed by atoms with Gasteiger partial charge in [0.2, 0.25) is 5.91 Å². The molecule has 2 N–H and O–H groups in total. The fraction of sp³-hybridized carbons (Fsp3) is 0.500. The van der Waals surface area contributed by atoms with Crippen LogP contribution < -0.4 is 5.73 Å². The molecule has 0 saturated heterocycles. The van der Waals surface area contributed by atoms with Crippen molar-refractivity contribution < 1.29 is 4.79 Å². The van der Waals surface area contributed by atoms with Crippen molar-refractivity contribution in [2.45, 2.75) is 39.2 Å². The lowest BCUT2D eigenvalue weighted by atomic mass is 10.2. The largest absolute Gasteiger partial charge is 0.393 e. The molecule has 0 aliphatic carbocycles. The maximum atomic E-state index is 12.1. The van der Waals surface area contributed by atoms with E-state index in [0.29, 0.717) is 30.9 Å². The lowest BCUT2D eigenvalue weighted by Gasteiger charge is -2.22. The molecule has 0 aliphatic rings. The number of aromatic nitrogens is 1. The Balaban J connectivity index is 2.62. The first kappa shape index (κ1) is 15.6. The number of pyridine rings is 1. The second kappa shape index (κ2) is 8.58. The molecule has 0 unspecified atom stereocenters. The van der Waals surface area contributed by atoms with Crippen LogP contribution in [0.25, 0.3) is 0 Å². The summed E-state index contributed by atoms with van der Waals surface area (Å²) in [4.78, 5) is 18.4. The molecular formula is C14H21N3OS. The van der Waals surface area contributed by atoms with Crippen LogP contribution in [0.15, 0.2) is 24.5 Å². The number of nitrogens with two attached hydrogens (primary N) is 1. The fourth-order valence-corrected chi connectivity index (χ4v) is 1.82. The van der Waals surface area contributed by atoms with E-state index in [-0.39, 0.29) is 5.91 Å². The lowest BCUT2D eigenvalue weighted by Crippen LogP contribution is -2.33. The van der Waals surface area contributed by atoms with Crippen molar-refractivity contribution in [3.8, 4) is 0 Å². The molecule has 0 radical (unpaired) electrons. The Kier molecular flexibility index (Phi) is 7.03. The third kappa shape index (κ3) is 6.29. The molecule has 0 aliphatic heterocycles. The van der Waals surface area contributed by atoms with Gasteiger partial charge in [-0.2, -0.15) is 0 Å². The average Bonchev–Trinajstić information content (AvgIpc) is 2.41. The minimum atomic E-state index is 0.162. The molecule has 1 heterocycles. The van der Waals surface area contributed by atoms with E-state index in [1.807, 2.05) is 17.0 Å². The molecule has 0 bridgehead atoms. The van der Waals surface area contributed by atoms with Crippen LogP contribution in [0.1, 0.15) is 38.2 Å². The van der Waals surface area contributed by atoms with E-state index >= 15 is 0 Å². The number of thiocarbonyl (C=S) groups is 1. The van der Waals surface area contributed by atoms with Gasteiger partial charge < -0.3 is 10.6 Å². The van der Waals surface area contributed by atoms with E-state index in [1.165, 1.54) is 0 Å². The third-order valence-electron chi connectivity index (χ3n) is 2.85. The number of nitrogens with zero attached hydrogens (tertiary/aromatic N) is 2. The third-order valence-corrected chi connectivity index (χ3v) is 3.05. The Labute approximate surface area is 120 Å². The van der Waals surface area contributed by atoms with Gasteiger partial charge in [0.15, 0.2) is 0 Å². The average molecular weight is 279 g/mol. The molecule has 19 heavy (non-hydrogen) atoms. The molecule has 5 heteroatoms. The predicted octanol–water partition coefficient (Wildman–Crippen LogP) is 2.28. The van der Waals surface area contributed by atoms with E-state index in [4.69, 9.17) is 18.0 Å². The van der Waals surface area contributed by atoms with Crippen LogP contribution in [0.2, 0.25) is 0 Å². The zero-order valence-electron chi connectivity index (χ0n) is 11.3. The highest BCUT2D eigenvalue weighted by Crippen LogP contribution is 2.08. The molecule has 4 nitrogen and oxygen atoms in total. The molecule has 0 saturated carbocycles. The van der Waals surface area contributed by atoms with Crippen molar-refractivity contribution in [2.75, 3.05) is 6.54 Å². The molecule has 0 atom stereocenters. The normalized spacial score (nSPS) is 10.2. The van der Waals surface area contributed by atoms with Crippen LogP contribution in [0, 0.1) is 0 Å². The molecule has 0 spiro atoms. The first-order chi connectivity index (χ1) is 9.13. The second-order valence-electron chi connectivity index (χ2n) is 4.49. The van der Waals surface area contributed by atoms with E-state index in [1.54, 1.807) is 12.4 Å². The van der Waals surface area contributed by atoms with Crippen molar-refractivity contribution in [3.63, 3.8) is 0 Å². The maximum absolute atomic E-state index is 12.1. The molecule has 1 rings (SSSR count). The van der Waals surface area contributed by atoms with Gasteiger partial charge in [-0.15, -0.1) is 0 Å². The van der Waals surface area contributed by atoms with Gasteiger partial charge in [0.1, 0.15) is 0 Å². The van der Waals surface area contributed by atoms with Gasteiger partial charge in [-0.25, -0.2) is 0 Å². The Hall–Kier alpha value is -1.49. The van der Waals surface area contributed by atoms with Gasteiger partial charge >= 0.3 is 0 Å². The van der Waals surface area contributed by atoms with Crippen molar-refractivity contribution >= 4 is 23.1 Å². The quantitative estimate of drug-likeness (QED) is 0.742. The van der Waals surface area contributed by atoms with E-state index in [2.05, 4.69) is 11.9 Å². The smallest absolute Gasteiger partial charge is 0.222 e. The highest BCUT2D eigenvalue weighted by Gasteiger charge is 2.13. The first-order valence-corrected chi connectivity index (χ1v) is 6.99. The number of rotatable bonds is 8. The van der Waals surface area contributed by atoms with Gasteiger partial charge in [-0.05, 0) is 24.1 Å². The van der Waals surface area contributed by atoms with Gasteiger partial charge in [-0.1, -0.05) is 25.6 Å². The van der Waals surface area contributed by atoms with Gasteiger partial charge in [0.05, 0.1) is 4.99 Å². The topological polar surface area (TPSA) is 59.2 Å². The fourth-order valence-electron chi connectivity index (χ4n) is 1.73. The zero-order chi connectivity index (χ0) is 14.1. The number of carbonyl (C=O) groups is 1. The zero-order valence-corrected chi connectivity index (χ0v) is 12.2. The SMILES string of the molecule is CCCCC(=O)N(CCC(N)=S)Cc1ccncc1. The monoisotopic (exact) mass is 279 g/mol. The highest BCUT2D eigenvalue weighted by molar-refractivity contribution is 7.80. The van der Waals surface area contributed by atoms with Crippen molar-refractivity contribution in [1.82, 2.24) is 9.88 Å². The Morgan fingerprint density at radius 1 is 1.37 bits per heavy atom. The van der Waals surface area contributed by atoms with E-state index < -0.39 is 0 Å². The minimum Gasteiger partial charge on any atom is -0.393 e. The van der Waals surface area contributed by atoms with Crippen LogP contribution in [-0.4, -0.2) is 27.3 Å². The summed E-state index contributed by atoms with van der Waals surface area (Å²) in [5, 5.41) is 0. The van der Waals surface area contributed by atoms with Crippen molar-refractivity contribution in [2.24, 2.45) is 5.73 Å². The lowest BCUT2D eigenvalue weighted by molar-refractivity contribution is -0.131. The van der Waals surface area contributed by atoms with Gasteiger partial charge in [0, 0.05) is 38.3 Å². The Morgan fingerprint density at radius 3 is 2.63 bits per heavy atom. The summed E-state index contributed by atoms with van der Waals surface area (Å²) in [5.41, 5.74) is 6.59. The summed E-state index contributed by atoms with van der Waals surface area (Å²) >= 11 is 4.88. The van der Waals surface area contributed by atoms with Gasteiger partial charge in [0.25, 0.3) is 0 Å². The minimum absolute atomic E-state index is 0.162. The molecule has 104 valence electrons. The summed E-state index contributed by atoms with van der Waals surface area (Å²) < 4.78 is 0. The van der Waals surface area contributed by atoms with Crippen LogP contribution >= 0.6 is 12.2 Å². The Morgan fingerprint density at radius 2 is 2.05 bits per heavy atom. The number of unbranched alkanes of at least 4 members (excludes halogenated alkanes) is 1. The van der Waals surface area contributed by atoms with Crippen molar-refractivity contribution in [1.29, 1.82) is 0 Å². The molecule has 1 aromatic heterocycles.